The number of hydrogen-bond donors (Lipinski definition) is 3. The molecule has 2 aromatic heterocycles. The first-order valence-corrected chi connectivity index (χ1v) is 8.76. The molecule has 8 heteroatoms. The fourth-order valence-electron chi connectivity index (χ4n) is 2.85. The van der Waals surface area contributed by atoms with Gasteiger partial charge in [0.1, 0.15) is 11.8 Å². The molecule has 3 rings (SSSR count). The third kappa shape index (κ3) is 3.18. The van der Waals surface area contributed by atoms with E-state index in [9.17, 15) is 5.11 Å². The fraction of sp³-hybridized carbons (Fsp3) is 0.643. The van der Waals surface area contributed by atoms with Gasteiger partial charge in [-0.1, -0.05) is 6.92 Å². The van der Waals surface area contributed by atoms with Crippen LogP contribution >= 0.6 is 11.8 Å². The summed E-state index contributed by atoms with van der Waals surface area (Å²) >= 11 is 1.92. The normalized spacial score (nSPS) is 22.6. The Balaban J connectivity index is 1.65. The number of aromatic nitrogens is 4. The number of β-amino-alcohol motifs (C(OH)–C–C–N with tert-alkyl or cyclic N) is 1. The van der Waals surface area contributed by atoms with Crippen LogP contribution in [0.25, 0.3) is 11.0 Å². The predicted octanol–water partition coefficient (Wildman–Crippen LogP) is 0.871. The molecule has 0 aromatic carbocycles. The van der Waals surface area contributed by atoms with E-state index in [-0.39, 0.29) is 6.10 Å². The van der Waals surface area contributed by atoms with E-state index >= 15 is 0 Å². The highest BCUT2D eigenvalue weighted by molar-refractivity contribution is 7.99. The van der Waals surface area contributed by atoms with Gasteiger partial charge in [-0.3, -0.25) is 10.00 Å². The Morgan fingerprint density at radius 3 is 3.09 bits per heavy atom. The molecule has 120 valence electrons. The van der Waals surface area contributed by atoms with Gasteiger partial charge >= 0.3 is 0 Å². The molecule has 0 aliphatic carbocycles. The molecule has 0 bridgehead atoms. The Kier molecular flexibility index (Phi) is 4.80. The first kappa shape index (κ1) is 15.5. The maximum Gasteiger partial charge on any atom is 0.155 e. The number of fused-ring (bicyclic) bond motifs is 1. The predicted molar refractivity (Wildman–Crippen MR) is 88.5 cm³/mol. The lowest BCUT2D eigenvalue weighted by atomic mass is 10.1. The van der Waals surface area contributed by atoms with Gasteiger partial charge in [0.05, 0.1) is 11.8 Å². The van der Waals surface area contributed by atoms with Crippen LogP contribution in [0.3, 0.4) is 0 Å². The zero-order valence-electron chi connectivity index (χ0n) is 12.7. The van der Waals surface area contributed by atoms with Gasteiger partial charge in [0.15, 0.2) is 11.3 Å². The number of aliphatic hydroxyl groups is 1. The number of anilines is 1. The van der Waals surface area contributed by atoms with Crippen molar-refractivity contribution in [1.29, 1.82) is 0 Å². The Morgan fingerprint density at radius 1 is 1.41 bits per heavy atom. The van der Waals surface area contributed by atoms with Crippen molar-refractivity contribution in [2.45, 2.75) is 26.0 Å². The van der Waals surface area contributed by atoms with Crippen molar-refractivity contribution in [2.24, 2.45) is 5.92 Å². The standard InChI is InChI=1S/C14H22N6OS/c1-2-3-22-7-9-4-20(6-11(9)21)5-10-12-13(19-18-10)14(15)17-8-16-12/h8-9,11,21H,2-7H2,1H3,(H,18,19)(H2,15,16,17)/t9-,11+/m0/s1. The molecule has 1 aliphatic rings. The molecular weight excluding hydrogens is 300 g/mol. The summed E-state index contributed by atoms with van der Waals surface area (Å²) in [6, 6.07) is 0. The molecule has 0 unspecified atom stereocenters. The highest BCUT2D eigenvalue weighted by Gasteiger charge is 2.31. The van der Waals surface area contributed by atoms with Crippen LogP contribution in [0.4, 0.5) is 5.82 Å². The summed E-state index contributed by atoms with van der Waals surface area (Å²) in [6.07, 6.45) is 2.39. The van der Waals surface area contributed by atoms with Crippen molar-refractivity contribution in [3.8, 4) is 0 Å². The van der Waals surface area contributed by atoms with Crippen molar-refractivity contribution in [1.82, 2.24) is 25.1 Å². The lowest BCUT2D eigenvalue weighted by molar-refractivity contribution is 0.149. The number of aromatic amines is 1. The first-order valence-electron chi connectivity index (χ1n) is 7.60. The molecule has 1 fully saturated rings. The van der Waals surface area contributed by atoms with E-state index in [1.807, 2.05) is 11.8 Å². The van der Waals surface area contributed by atoms with Crippen LogP contribution in [0.5, 0.6) is 0 Å². The van der Waals surface area contributed by atoms with E-state index in [1.54, 1.807) is 0 Å². The highest BCUT2D eigenvalue weighted by atomic mass is 32.2. The van der Waals surface area contributed by atoms with Gasteiger partial charge in [-0.05, 0) is 17.9 Å². The van der Waals surface area contributed by atoms with E-state index in [0.717, 1.165) is 29.3 Å². The van der Waals surface area contributed by atoms with E-state index < -0.39 is 0 Å². The summed E-state index contributed by atoms with van der Waals surface area (Å²) in [5, 5.41) is 17.4. The largest absolute Gasteiger partial charge is 0.391 e. The number of H-pyrrole nitrogens is 1. The molecule has 2 atom stereocenters. The average molecular weight is 322 g/mol. The molecule has 7 nitrogen and oxygen atoms in total. The number of likely N-dealkylation sites (tertiary alicyclic amines) is 1. The second kappa shape index (κ2) is 6.80. The third-order valence-corrected chi connectivity index (χ3v) is 5.34. The Labute approximate surface area is 133 Å². The summed E-state index contributed by atoms with van der Waals surface area (Å²) < 4.78 is 0. The summed E-state index contributed by atoms with van der Waals surface area (Å²) in [5.74, 6) is 2.91. The smallest absolute Gasteiger partial charge is 0.155 e. The maximum absolute atomic E-state index is 10.2. The van der Waals surface area contributed by atoms with Crippen LogP contribution in [0, 0.1) is 5.92 Å². The van der Waals surface area contributed by atoms with Crippen LogP contribution in [0.2, 0.25) is 0 Å². The number of aliphatic hydroxyl groups excluding tert-OH is 1. The van der Waals surface area contributed by atoms with Crippen molar-refractivity contribution in [2.75, 3.05) is 30.3 Å². The highest BCUT2D eigenvalue weighted by Crippen LogP contribution is 2.25. The number of nitrogens with zero attached hydrogens (tertiary/aromatic N) is 4. The summed E-state index contributed by atoms with van der Waals surface area (Å²) in [6.45, 7) is 4.47. The number of nitrogens with two attached hydrogens (primary N) is 1. The fourth-order valence-corrected chi connectivity index (χ4v) is 3.93. The molecule has 0 amide bonds. The van der Waals surface area contributed by atoms with Crippen molar-refractivity contribution in [3.05, 3.63) is 12.0 Å². The third-order valence-electron chi connectivity index (χ3n) is 3.98. The summed E-state index contributed by atoms with van der Waals surface area (Å²) in [7, 11) is 0. The van der Waals surface area contributed by atoms with Crippen molar-refractivity contribution < 1.29 is 5.11 Å². The molecule has 1 aliphatic heterocycles. The summed E-state index contributed by atoms with van der Waals surface area (Å²) in [4.78, 5) is 10.5. The van der Waals surface area contributed by atoms with Crippen LogP contribution in [-0.4, -0.2) is 60.9 Å². The lowest BCUT2D eigenvalue weighted by Gasteiger charge is -2.14. The van der Waals surface area contributed by atoms with Crippen molar-refractivity contribution in [3.63, 3.8) is 0 Å². The number of nitrogens with one attached hydrogen (secondary N) is 1. The Bertz CT molecular complexity index is 633. The van der Waals surface area contributed by atoms with Gasteiger partial charge in [-0.25, -0.2) is 9.97 Å². The van der Waals surface area contributed by atoms with E-state index in [0.29, 0.717) is 30.3 Å². The topological polar surface area (TPSA) is 104 Å². The number of thioether (sulfide) groups is 1. The Morgan fingerprint density at radius 2 is 2.27 bits per heavy atom. The van der Waals surface area contributed by atoms with Gasteiger partial charge in [0.25, 0.3) is 0 Å². The molecule has 2 aromatic rings. The van der Waals surface area contributed by atoms with Crippen LogP contribution < -0.4 is 5.73 Å². The minimum atomic E-state index is -0.252. The van der Waals surface area contributed by atoms with E-state index in [2.05, 4.69) is 32.0 Å². The summed E-state index contributed by atoms with van der Waals surface area (Å²) in [5.41, 5.74) is 8.12. The van der Waals surface area contributed by atoms with E-state index in [4.69, 9.17) is 5.73 Å². The second-order valence-electron chi connectivity index (χ2n) is 5.75. The van der Waals surface area contributed by atoms with Gasteiger partial charge in [0.2, 0.25) is 0 Å². The van der Waals surface area contributed by atoms with Gasteiger partial charge in [0, 0.05) is 25.6 Å². The van der Waals surface area contributed by atoms with Gasteiger partial charge in [-0.15, -0.1) is 0 Å². The molecule has 0 radical (unpaired) electrons. The van der Waals surface area contributed by atoms with Crippen LogP contribution in [-0.2, 0) is 6.54 Å². The number of nitrogen functional groups attached to an aromatic ring is 1. The number of rotatable bonds is 6. The SMILES string of the molecule is CCCSC[C@@H]1CN(Cc2[nH]nc3c(N)ncnc23)C[C@H]1O. The van der Waals surface area contributed by atoms with Crippen LogP contribution in [0.15, 0.2) is 6.33 Å². The van der Waals surface area contributed by atoms with Crippen molar-refractivity contribution >= 4 is 28.6 Å². The minimum Gasteiger partial charge on any atom is -0.391 e. The molecule has 1 saturated heterocycles. The first-order chi connectivity index (χ1) is 10.7. The zero-order valence-corrected chi connectivity index (χ0v) is 13.5. The molecule has 0 saturated carbocycles. The maximum atomic E-state index is 10.2. The van der Waals surface area contributed by atoms with Gasteiger partial charge in [-0.2, -0.15) is 16.9 Å². The zero-order chi connectivity index (χ0) is 15.5. The Hall–Kier alpha value is -1.38. The molecule has 3 heterocycles. The minimum absolute atomic E-state index is 0.252. The molecule has 22 heavy (non-hydrogen) atoms. The second-order valence-corrected chi connectivity index (χ2v) is 6.90. The quantitative estimate of drug-likeness (QED) is 0.678. The monoisotopic (exact) mass is 322 g/mol. The molecular formula is C14H22N6OS. The lowest BCUT2D eigenvalue weighted by Crippen LogP contribution is -2.21. The van der Waals surface area contributed by atoms with Crippen LogP contribution in [0.1, 0.15) is 19.0 Å². The number of hydrogen-bond acceptors (Lipinski definition) is 7. The molecule has 4 N–H and O–H groups in total. The molecule has 0 spiro atoms. The van der Waals surface area contributed by atoms with Gasteiger partial charge < -0.3 is 10.8 Å². The van der Waals surface area contributed by atoms with E-state index in [1.165, 1.54) is 12.7 Å². The average Bonchev–Trinajstić information content (AvgIpc) is 3.05.